The van der Waals surface area contributed by atoms with Gasteiger partial charge in [0.2, 0.25) is 20.0 Å². The molecule has 6 N–H and O–H groups in total. The number of carbonyl (C=O) groups is 1. The first-order valence-electron chi connectivity index (χ1n) is 13.9. The van der Waals surface area contributed by atoms with Crippen LogP contribution in [0.1, 0.15) is 52.7 Å². The summed E-state index contributed by atoms with van der Waals surface area (Å²) in [7, 11) is -7.31. The Morgan fingerprint density at radius 2 is 1.79 bits per heavy atom. The summed E-state index contributed by atoms with van der Waals surface area (Å²) in [4.78, 5) is 15.5. The van der Waals surface area contributed by atoms with Crippen molar-refractivity contribution >= 4 is 36.9 Å². The highest BCUT2D eigenvalue weighted by Gasteiger charge is 2.29. The summed E-state index contributed by atoms with van der Waals surface area (Å²) in [5, 5.41) is 0.828. The maximum Gasteiger partial charge on any atom is 0.250 e. The minimum atomic E-state index is -4.05. The second kappa shape index (κ2) is 12.2. The third kappa shape index (κ3) is 6.36. The monoisotopic (exact) mass is 627 g/mol. The molecule has 0 atom stereocenters. The Hall–Kier alpha value is -3.62. The van der Waals surface area contributed by atoms with Gasteiger partial charge in [-0.15, -0.1) is 0 Å². The molecule has 0 unspecified atom stereocenters. The number of halogens is 1. The standard InChI is InChI=1S/C30H34FN5O5S2/c1-2-42(38,39)36-10-8-20(9-11-36)27-18-34-29-25(27)13-23(14-26(29)30(33)37)21-5-3-4-19(12-21)17-35-43(40,41)28-15-24(31)7-6-22(28)16-32/h3-7,12-15,18,20,34-35H,2,8-11,16-17,32H2,1H3,(H2,33,37). The van der Waals surface area contributed by atoms with Crippen molar-refractivity contribution in [2.75, 3.05) is 18.8 Å². The lowest BCUT2D eigenvalue weighted by molar-refractivity contribution is 0.100. The molecule has 0 bridgehead atoms. The van der Waals surface area contributed by atoms with E-state index in [1.54, 1.807) is 25.1 Å². The molecule has 0 saturated carbocycles. The van der Waals surface area contributed by atoms with Crippen molar-refractivity contribution in [3.05, 3.63) is 88.9 Å². The van der Waals surface area contributed by atoms with E-state index in [-0.39, 0.29) is 29.7 Å². The van der Waals surface area contributed by atoms with Gasteiger partial charge in [0, 0.05) is 37.8 Å². The number of primary amides is 1. The van der Waals surface area contributed by atoms with Crippen LogP contribution in [0, 0.1) is 5.82 Å². The molecule has 0 radical (unpaired) electrons. The molecule has 1 aromatic heterocycles. The van der Waals surface area contributed by atoms with Crippen molar-refractivity contribution in [2.45, 2.75) is 43.7 Å². The van der Waals surface area contributed by atoms with E-state index in [4.69, 9.17) is 11.5 Å². The van der Waals surface area contributed by atoms with Crippen LogP contribution in [0.4, 0.5) is 4.39 Å². The maximum atomic E-state index is 13.8. The van der Waals surface area contributed by atoms with Crippen LogP contribution in [0.15, 0.2) is 65.7 Å². The van der Waals surface area contributed by atoms with Crippen molar-refractivity contribution in [3.8, 4) is 11.1 Å². The number of H-pyrrole nitrogens is 1. The molecule has 1 amide bonds. The molecular formula is C30H34FN5O5S2. The number of carbonyl (C=O) groups excluding carboxylic acids is 1. The van der Waals surface area contributed by atoms with E-state index in [1.165, 1.54) is 10.4 Å². The second-order valence-electron chi connectivity index (χ2n) is 10.6. The lowest BCUT2D eigenvalue weighted by Crippen LogP contribution is -2.38. The van der Waals surface area contributed by atoms with Crippen molar-refractivity contribution < 1.29 is 26.0 Å². The van der Waals surface area contributed by atoms with Gasteiger partial charge in [-0.3, -0.25) is 4.79 Å². The van der Waals surface area contributed by atoms with Gasteiger partial charge in [-0.1, -0.05) is 24.3 Å². The third-order valence-corrected chi connectivity index (χ3v) is 11.4. The van der Waals surface area contributed by atoms with Crippen LogP contribution in [0.5, 0.6) is 0 Å². The summed E-state index contributed by atoms with van der Waals surface area (Å²) in [6.07, 6.45) is 3.16. The Morgan fingerprint density at radius 3 is 2.47 bits per heavy atom. The van der Waals surface area contributed by atoms with E-state index in [0.29, 0.717) is 53.7 Å². The smallest absolute Gasteiger partial charge is 0.250 e. The number of nitrogens with zero attached hydrogens (tertiary/aromatic N) is 1. The number of aromatic amines is 1. The largest absolute Gasteiger partial charge is 0.366 e. The minimum absolute atomic E-state index is 0.0593. The Balaban J connectivity index is 1.44. The van der Waals surface area contributed by atoms with Gasteiger partial charge in [0.05, 0.1) is 21.7 Å². The second-order valence-corrected chi connectivity index (χ2v) is 14.6. The first-order chi connectivity index (χ1) is 20.4. The normalized spacial score (nSPS) is 15.2. The molecule has 43 heavy (non-hydrogen) atoms. The average Bonchev–Trinajstić information content (AvgIpc) is 3.44. The van der Waals surface area contributed by atoms with Crippen LogP contribution >= 0.6 is 0 Å². The summed E-state index contributed by atoms with van der Waals surface area (Å²) in [6, 6.07) is 14.3. The molecule has 10 nitrogen and oxygen atoms in total. The van der Waals surface area contributed by atoms with Gasteiger partial charge in [0.1, 0.15) is 5.82 Å². The third-order valence-electron chi connectivity index (χ3n) is 8.00. The van der Waals surface area contributed by atoms with Crippen LogP contribution < -0.4 is 16.2 Å². The van der Waals surface area contributed by atoms with Gasteiger partial charge < -0.3 is 16.5 Å². The predicted octanol–water partition coefficient (Wildman–Crippen LogP) is 3.54. The summed E-state index contributed by atoms with van der Waals surface area (Å²) in [5.74, 6) is -1.12. The maximum absolute atomic E-state index is 13.8. The number of piperidine rings is 1. The summed E-state index contributed by atoms with van der Waals surface area (Å²) in [5.41, 5.74) is 15.8. The average molecular weight is 628 g/mol. The number of amides is 1. The van der Waals surface area contributed by atoms with E-state index in [2.05, 4.69) is 9.71 Å². The number of sulfonamides is 2. The molecule has 13 heteroatoms. The van der Waals surface area contributed by atoms with Crippen molar-refractivity contribution in [2.24, 2.45) is 11.5 Å². The molecule has 1 aliphatic heterocycles. The van der Waals surface area contributed by atoms with Gasteiger partial charge in [-0.25, -0.2) is 30.3 Å². The lowest BCUT2D eigenvalue weighted by atomic mass is 9.88. The molecule has 228 valence electrons. The lowest BCUT2D eigenvalue weighted by Gasteiger charge is -2.31. The Bertz CT molecular complexity index is 1900. The molecule has 0 aliphatic carbocycles. The van der Waals surface area contributed by atoms with Gasteiger partial charge in [0.15, 0.2) is 0 Å². The van der Waals surface area contributed by atoms with Gasteiger partial charge in [-0.05, 0) is 83.8 Å². The van der Waals surface area contributed by atoms with Crippen LogP contribution in [0.2, 0.25) is 0 Å². The first kappa shape index (κ1) is 30.8. The van der Waals surface area contributed by atoms with E-state index in [1.807, 2.05) is 24.4 Å². The SMILES string of the molecule is CCS(=O)(=O)N1CCC(c2c[nH]c3c(C(N)=O)cc(-c4cccc(CNS(=O)(=O)c5cc(F)ccc5CN)c4)cc23)CC1. The molecule has 3 aromatic carbocycles. The summed E-state index contributed by atoms with van der Waals surface area (Å²) < 4.78 is 68.5. The molecule has 0 spiro atoms. The number of benzene rings is 3. The topological polar surface area (TPSA) is 168 Å². The number of nitrogens with one attached hydrogen (secondary N) is 2. The van der Waals surface area contributed by atoms with Crippen molar-refractivity contribution in [3.63, 3.8) is 0 Å². The molecule has 5 rings (SSSR count). The van der Waals surface area contributed by atoms with Crippen LogP contribution in [0.25, 0.3) is 22.0 Å². The molecular weight excluding hydrogens is 593 g/mol. The van der Waals surface area contributed by atoms with Crippen LogP contribution in [-0.4, -0.2) is 50.9 Å². The van der Waals surface area contributed by atoms with Crippen LogP contribution in [0.3, 0.4) is 0 Å². The number of rotatable bonds is 10. The number of fused-ring (bicyclic) bond motifs is 1. The van der Waals surface area contributed by atoms with E-state index in [0.717, 1.165) is 28.6 Å². The summed E-state index contributed by atoms with van der Waals surface area (Å²) >= 11 is 0. The van der Waals surface area contributed by atoms with E-state index >= 15 is 0 Å². The molecule has 1 saturated heterocycles. The molecule has 2 heterocycles. The Labute approximate surface area is 250 Å². The highest BCUT2D eigenvalue weighted by atomic mass is 32.2. The molecule has 1 aliphatic rings. The number of aromatic nitrogens is 1. The number of hydrogen-bond acceptors (Lipinski definition) is 6. The fraction of sp³-hybridized carbons (Fsp3) is 0.300. The quantitative estimate of drug-likeness (QED) is 0.210. The van der Waals surface area contributed by atoms with Crippen molar-refractivity contribution in [1.82, 2.24) is 14.0 Å². The minimum Gasteiger partial charge on any atom is -0.366 e. The zero-order chi connectivity index (χ0) is 30.9. The van der Waals surface area contributed by atoms with Crippen LogP contribution in [-0.2, 0) is 33.1 Å². The Kier molecular flexibility index (Phi) is 8.72. The first-order valence-corrected chi connectivity index (χ1v) is 17.0. The number of hydrogen-bond donors (Lipinski definition) is 4. The van der Waals surface area contributed by atoms with E-state index in [9.17, 15) is 26.0 Å². The molecule has 4 aromatic rings. The predicted molar refractivity (Wildman–Crippen MR) is 164 cm³/mol. The van der Waals surface area contributed by atoms with E-state index < -0.39 is 31.8 Å². The van der Waals surface area contributed by atoms with Gasteiger partial charge in [-0.2, -0.15) is 0 Å². The fourth-order valence-corrected chi connectivity index (χ4v) is 8.05. The Morgan fingerprint density at radius 1 is 1.05 bits per heavy atom. The molecule has 1 fully saturated rings. The fourth-order valence-electron chi connectivity index (χ4n) is 5.64. The summed E-state index contributed by atoms with van der Waals surface area (Å²) in [6.45, 7) is 2.37. The zero-order valence-electron chi connectivity index (χ0n) is 23.6. The highest BCUT2D eigenvalue weighted by molar-refractivity contribution is 7.89. The van der Waals surface area contributed by atoms with Gasteiger partial charge in [0.25, 0.3) is 5.91 Å². The van der Waals surface area contributed by atoms with Gasteiger partial charge >= 0.3 is 0 Å². The van der Waals surface area contributed by atoms with Crippen molar-refractivity contribution in [1.29, 1.82) is 0 Å². The zero-order valence-corrected chi connectivity index (χ0v) is 25.3. The number of nitrogens with two attached hydrogens (primary N) is 2. The highest BCUT2D eigenvalue weighted by Crippen LogP contribution is 2.37.